The van der Waals surface area contributed by atoms with E-state index in [0.717, 1.165) is 17.2 Å². The van der Waals surface area contributed by atoms with Crippen LogP contribution in [0.2, 0.25) is 0 Å². The van der Waals surface area contributed by atoms with E-state index in [1.165, 1.54) is 12.1 Å². The van der Waals surface area contributed by atoms with Gasteiger partial charge in [0.15, 0.2) is 18.3 Å². The molecular weight excluding hydrogens is 434 g/mol. The number of nitrogens with one attached hydrogen (secondary N) is 2. The highest BCUT2D eigenvalue weighted by Crippen LogP contribution is 2.29. The van der Waals surface area contributed by atoms with Crippen LogP contribution in [-0.2, 0) is 0 Å². The van der Waals surface area contributed by atoms with E-state index in [4.69, 9.17) is 12.2 Å². The van der Waals surface area contributed by atoms with Crippen molar-refractivity contribution in [3.63, 3.8) is 0 Å². The molecule has 0 unspecified atom stereocenters. The van der Waals surface area contributed by atoms with Gasteiger partial charge in [-0.1, -0.05) is 12.1 Å². The summed E-state index contributed by atoms with van der Waals surface area (Å²) in [4.78, 5) is 0. The third-order valence-corrected chi connectivity index (χ3v) is 3.79. The van der Waals surface area contributed by atoms with Crippen molar-refractivity contribution in [2.45, 2.75) is 26.2 Å². The lowest BCUT2D eigenvalue weighted by atomic mass is 10.1. The Morgan fingerprint density at radius 1 is 0.833 bits per heavy atom. The summed E-state index contributed by atoms with van der Waals surface area (Å²) in [6.07, 6.45) is -9.23. The summed E-state index contributed by atoms with van der Waals surface area (Å²) in [6, 6.07) is 8.89. The summed E-state index contributed by atoms with van der Waals surface area (Å²) in [7, 11) is 0. The highest BCUT2D eigenvalue weighted by molar-refractivity contribution is 7.80. The minimum absolute atomic E-state index is 0.0819. The quantitative estimate of drug-likeness (QED) is 0.416. The Hall–Kier alpha value is -2.69. The van der Waals surface area contributed by atoms with Crippen LogP contribution >= 0.6 is 12.2 Å². The molecule has 0 aliphatic carbocycles. The van der Waals surface area contributed by atoms with Crippen molar-refractivity contribution in [2.75, 3.05) is 23.8 Å². The molecule has 0 amide bonds. The Bertz CT molecular complexity index is 863. The molecule has 2 aromatic rings. The van der Waals surface area contributed by atoms with Crippen LogP contribution in [0.3, 0.4) is 0 Å². The fourth-order valence-corrected chi connectivity index (χ4v) is 2.52. The molecule has 0 radical (unpaired) electrons. The van der Waals surface area contributed by atoms with Gasteiger partial charge in [-0.25, -0.2) is 0 Å². The predicted molar refractivity (Wildman–Crippen MR) is 105 cm³/mol. The molecule has 0 aromatic heterocycles. The number of halogens is 6. The first-order valence-electron chi connectivity index (χ1n) is 8.50. The molecule has 4 nitrogen and oxygen atoms in total. The number of thiocarbonyl (C=S) groups is 1. The van der Waals surface area contributed by atoms with E-state index in [-0.39, 0.29) is 22.3 Å². The van der Waals surface area contributed by atoms with Gasteiger partial charge in [0.25, 0.3) is 0 Å². The van der Waals surface area contributed by atoms with Crippen LogP contribution in [0.1, 0.15) is 11.1 Å². The maximum atomic E-state index is 12.4. The number of alkyl halides is 6. The molecule has 0 heterocycles. The maximum absolute atomic E-state index is 12.4. The zero-order valence-electron chi connectivity index (χ0n) is 15.9. The Labute approximate surface area is 174 Å². The summed E-state index contributed by atoms with van der Waals surface area (Å²) >= 11 is 5.19. The maximum Gasteiger partial charge on any atom is 0.422 e. The molecular formula is C19H18F6N2O2S. The van der Waals surface area contributed by atoms with Gasteiger partial charge in [-0.05, 0) is 43.3 Å². The molecule has 164 valence electrons. The largest absolute Gasteiger partial charge is 0.484 e. The molecule has 0 fully saturated rings. The van der Waals surface area contributed by atoms with Crippen molar-refractivity contribution in [1.82, 2.24) is 0 Å². The fraction of sp³-hybridized carbons (Fsp3) is 0.316. The van der Waals surface area contributed by atoms with E-state index in [1.54, 1.807) is 0 Å². The van der Waals surface area contributed by atoms with Crippen molar-refractivity contribution in [3.05, 3.63) is 47.5 Å². The lowest BCUT2D eigenvalue weighted by molar-refractivity contribution is -0.153. The number of anilines is 2. The standard InChI is InChI=1S/C19H18F6N2O2S/c1-11-3-4-12(2)16(5-11)27-17(30)26-13-6-14(28-9-18(20,21)22)8-15(7-13)29-10-19(23,24)25/h3-8H,9-10H2,1-2H3,(H2,26,27,30). The van der Waals surface area contributed by atoms with Crippen molar-refractivity contribution in [3.8, 4) is 11.5 Å². The van der Waals surface area contributed by atoms with Gasteiger partial charge in [0.2, 0.25) is 0 Å². The second kappa shape index (κ2) is 9.41. The second-order valence-electron chi connectivity index (χ2n) is 6.40. The molecule has 2 N–H and O–H groups in total. The topological polar surface area (TPSA) is 42.5 Å². The van der Waals surface area contributed by atoms with Crippen molar-refractivity contribution in [2.24, 2.45) is 0 Å². The van der Waals surface area contributed by atoms with Crippen LogP contribution in [0, 0.1) is 13.8 Å². The van der Waals surface area contributed by atoms with E-state index in [9.17, 15) is 26.3 Å². The van der Waals surface area contributed by atoms with Crippen molar-refractivity contribution < 1.29 is 35.8 Å². The summed E-state index contributed by atoms with van der Waals surface area (Å²) in [5, 5.41) is 5.72. The lowest BCUT2D eigenvalue weighted by Crippen LogP contribution is -2.21. The minimum atomic E-state index is -4.62. The predicted octanol–water partition coefficient (Wildman–Crippen LogP) is 5.99. The molecule has 0 spiro atoms. The van der Waals surface area contributed by atoms with E-state index in [1.807, 2.05) is 32.0 Å². The van der Waals surface area contributed by atoms with Crippen molar-refractivity contribution >= 4 is 28.7 Å². The summed E-state index contributed by atoms with van der Waals surface area (Å²) < 4.78 is 83.8. The van der Waals surface area contributed by atoms with Crippen LogP contribution in [0.4, 0.5) is 37.7 Å². The third kappa shape index (κ3) is 8.36. The highest BCUT2D eigenvalue weighted by Gasteiger charge is 2.30. The number of aryl methyl sites for hydroxylation is 2. The number of rotatable bonds is 6. The van der Waals surface area contributed by atoms with Gasteiger partial charge in [-0.15, -0.1) is 0 Å². The molecule has 0 atom stereocenters. The summed E-state index contributed by atoms with van der Waals surface area (Å²) in [6.45, 7) is 0.507. The molecule has 0 saturated carbocycles. The number of benzene rings is 2. The van der Waals surface area contributed by atoms with E-state index >= 15 is 0 Å². The van der Waals surface area contributed by atoms with Crippen LogP contribution in [0.5, 0.6) is 11.5 Å². The minimum Gasteiger partial charge on any atom is -0.484 e. The molecule has 30 heavy (non-hydrogen) atoms. The van der Waals surface area contributed by atoms with Crippen LogP contribution in [0.25, 0.3) is 0 Å². The van der Waals surface area contributed by atoms with Gasteiger partial charge in [-0.3, -0.25) is 0 Å². The number of ether oxygens (including phenoxy) is 2. The average molecular weight is 452 g/mol. The SMILES string of the molecule is Cc1ccc(C)c(NC(=S)Nc2cc(OCC(F)(F)F)cc(OCC(F)(F)F)c2)c1. The van der Waals surface area contributed by atoms with Gasteiger partial charge in [0.05, 0.1) is 0 Å². The smallest absolute Gasteiger partial charge is 0.422 e. The second-order valence-corrected chi connectivity index (χ2v) is 6.81. The average Bonchev–Trinajstić information content (AvgIpc) is 2.60. The lowest BCUT2D eigenvalue weighted by Gasteiger charge is -2.16. The Morgan fingerprint density at radius 3 is 1.87 bits per heavy atom. The zero-order chi connectivity index (χ0) is 22.5. The van der Waals surface area contributed by atoms with Gasteiger partial charge in [0.1, 0.15) is 11.5 Å². The first kappa shape index (κ1) is 23.6. The third-order valence-electron chi connectivity index (χ3n) is 3.58. The van der Waals surface area contributed by atoms with Gasteiger partial charge >= 0.3 is 12.4 Å². The molecule has 0 saturated heterocycles. The number of hydrogen-bond donors (Lipinski definition) is 2. The van der Waals surface area contributed by atoms with Gasteiger partial charge < -0.3 is 20.1 Å². The van der Waals surface area contributed by atoms with E-state index < -0.39 is 25.6 Å². The van der Waals surface area contributed by atoms with Crippen LogP contribution < -0.4 is 20.1 Å². The first-order chi connectivity index (χ1) is 13.8. The first-order valence-corrected chi connectivity index (χ1v) is 8.91. The molecule has 0 bridgehead atoms. The Morgan fingerprint density at radius 2 is 1.37 bits per heavy atom. The Kier molecular flexibility index (Phi) is 7.40. The zero-order valence-corrected chi connectivity index (χ0v) is 16.7. The fourth-order valence-electron chi connectivity index (χ4n) is 2.30. The van der Waals surface area contributed by atoms with Crippen molar-refractivity contribution in [1.29, 1.82) is 0 Å². The molecule has 0 aliphatic heterocycles. The molecule has 11 heteroatoms. The monoisotopic (exact) mass is 452 g/mol. The summed E-state index contributed by atoms with van der Waals surface area (Å²) in [5.74, 6) is -0.659. The molecule has 2 rings (SSSR count). The van der Waals surface area contributed by atoms with Gasteiger partial charge in [0, 0.05) is 29.6 Å². The Balaban J connectivity index is 2.18. The normalized spacial score (nSPS) is 11.7. The van der Waals surface area contributed by atoms with E-state index in [0.29, 0.717) is 5.69 Å². The molecule has 0 aliphatic rings. The van der Waals surface area contributed by atoms with Crippen LogP contribution in [-0.4, -0.2) is 30.7 Å². The van der Waals surface area contributed by atoms with Gasteiger partial charge in [-0.2, -0.15) is 26.3 Å². The van der Waals surface area contributed by atoms with Crippen LogP contribution in [0.15, 0.2) is 36.4 Å². The molecule has 2 aromatic carbocycles. The number of hydrogen-bond acceptors (Lipinski definition) is 3. The summed E-state index contributed by atoms with van der Waals surface area (Å²) in [5.41, 5.74) is 2.65. The highest BCUT2D eigenvalue weighted by atomic mass is 32.1. The van der Waals surface area contributed by atoms with E-state index in [2.05, 4.69) is 20.1 Å².